The largest absolute Gasteiger partial charge is 0.371 e. The smallest absolute Gasteiger partial charge is 0.252 e. The zero-order valence-corrected chi connectivity index (χ0v) is 11.2. The van der Waals surface area contributed by atoms with Gasteiger partial charge in [0.15, 0.2) is 0 Å². The fourth-order valence-electron chi connectivity index (χ4n) is 2.59. The van der Waals surface area contributed by atoms with Crippen molar-refractivity contribution in [3.63, 3.8) is 0 Å². The standard InChI is InChI=1S/C15H18N4O/c20-15-8-14(17-11-18-15)16-9-12-6-7-19(10-12)13-4-2-1-3-5-13/h1-5,8,11-12H,6-7,9-10H2,(H2,16,17,18,20). The summed E-state index contributed by atoms with van der Waals surface area (Å²) in [5.74, 6) is 1.23. The summed E-state index contributed by atoms with van der Waals surface area (Å²) in [6, 6.07) is 12.0. The topological polar surface area (TPSA) is 61.0 Å². The van der Waals surface area contributed by atoms with Gasteiger partial charge in [-0.05, 0) is 24.5 Å². The molecule has 1 aliphatic heterocycles. The highest BCUT2D eigenvalue weighted by molar-refractivity contribution is 5.47. The molecule has 5 heteroatoms. The van der Waals surface area contributed by atoms with Crippen molar-refractivity contribution in [1.82, 2.24) is 9.97 Å². The third-order valence-electron chi connectivity index (χ3n) is 3.66. The second kappa shape index (κ2) is 5.77. The molecule has 0 radical (unpaired) electrons. The molecule has 5 nitrogen and oxygen atoms in total. The maximum atomic E-state index is 11.2. The van der Waals surface area contributed by atoms with Gasteiger partial charge in [-0.3, -0.25) is 4.79 Å². The van der Waals surface area contributed by atoms with Crippen LogP contribution >= 0.6 is 0 Å². The van der Waals surface area contributed by atoms with Crippen LogP contribution in [0.15, 0.2) is 47.5 Å². The maximum absolute atomic E-state index is 11.2. The van der Waals surface area contributed by atoms with Gasteiger partial charge in [-0.25, -0.2) is 4.98 Å². The third kappa shape index (κ3) is 2.99. The summed E-state index contributed by atoms with van der Waals surface area (Å²) in [5, 5.41) is 3.24. The summed E-state index contributed by atoms with van der Waals surface area (Å²) in [4.78, 5) is 20.2. The molecule has 104 valence electrons. The second-order valence-corrected chi connectivity index (χ2v) is 5.11. The summed E-state index contributed by atoms with van der Waals surface area (Å²) in [7, 11) is 0. The van der Waals surface area contributed by atoms with Crippen molar-refractivity contribution >= 4 is 11.5 Å². The Hall–Kier alpha value is -2.30. The van der Waals surface area contributed by atoms with E-state index in [1.54, 1.807) is 0 Å². The van der Waals surface area contributed by atoms with E-state index in [1.807, 2.05) is 6.07 Å². The number of benzene rings is 1. The number of aromatic nitrogens is 2. The molecule has 0 bridgehead atoms. The van der Waals surface area contributed by atoms with Gasteiger partial charge < -0.3 is 15.2 Å². The SMILES string of the molecule is O=c1cc(NCC2CCN(c3ccccc3)C2)nc[nH]1. The van der Waals surface area contributed by atoms with E-state index in [1.165, 1.54) is 18.1 Å². The number of para-hydroxylation sites is 1. The highest BCUT2D eigenvalue weighted by Crippen LogP contribution is 2.23. The molecule has 1 aliphatic rings. The second-order valence-electron chi connectivity index (χ2n) is 5.11. The number of H-pyrrole nitrogens is 1. The zero-order valence-electron chi connectivity index (χ0n) is 11.2. The molecule has 2 heterocycles. The Kier molecular flexibility index (Phi) is 3.67. The quantitative estimate of drug-likeness (QED) is 0.888. The van der Waals surface area contributed by atoms with E-state index in [9.17, 15) is 4.79 Å². The van der Waals surface area contributed by atoms with Crippen LogP contribution in [0.1, 0.15) is 6.42 Å². The lowest BCUT2D eigenvalue weighted by atomic mass is 10.1. The molecular formula is C15H18N4O. The molecule has 0 amide bonds. The monoisotopic (exact) mass is 270 g/mol. The molecular weight excluding hydrogens is 252 g/mol. The van der Waals surface area contributed by atoms with E-state index in [0.717, 1.165) is 26.1 Å². The first-order valence-corrected chi connectivity index (χ1v) is 6.90. The summed E-state index contributed by atoms with van der Waals surface area (Å²) in [6.07, 6.45) is 2.58. The molecule has 1 aromatic heterocycles. The Morgan fingerprint density at radius 3 is 3.00 bits per heavy atom. The van der Waals surface area contributed by atoms with Crippen molar-refractivity contribution in [2.24, 2.45) is 5.92 Å². The molecule has 1 aromatic carbocycles. The predicted octanol–water partition coefficient (Wildman–Crippen LogP) is 1.71. The lowest BCUT2D eigenvalue weighted by molar-refractivity contribution is 0.621. The van der Waals surface area contributed by atoms with E-state index in [0.29, 0.717) is 11.7 Å². The molecule has 2 N–H and O–H groups in total. The Morgan fingerprint density at radius 2 is 2.20 bits per heavy atom. The Balaban J connectivity index is 1.55. The van der Waals surface area contributed by atoms with Crippen molar-refractivity contribution in [1.29, 1.82) is 0 Å². The number of hydrogen-bond acceptors (Lipinski definition) is 4. The molecule has 0 aliphatic carbocycles. The number of aromatic amines is 1. The Labute approximate surface area is 117 Å². The van der Waals surface area contributed by atoms with Crippen LogP contribution in [0.4, 0.5) is 11.5 Å². The lowest BCUT2D eigenvalue weighted by Gasteiger charge is -2.18. The highest BCUT2D eigenvalue weighted by atomic mass is 16.1. The van der Waals surface area contributed by atoms with Crippen LogP contribution in [0.3, 0.4) is 0 Å². The summed E-state index contributed by atoms with van der Waals surface area (Å²) >= 11 is 0. The van der Waals surface area contributed by atoms with E-state index < -0.39 is 0 Å². The van der Waals surface area contributed by atoms with Gasteiger partial charge in [-0.1, -0.05) is 18.2 Å². The van der Waals surface area contributed by atoms with Gasteiger partial charge >= 0.3 is 0 Å². The first-order chi connectivity index (χ1) is 9.81. The van der Waals surface area contributed by atoms with E-state index in [2.05, 4.69) is 44.5 Å². The summed E-state index contributed by atoms with van der Waals surface area (Å²) in [6.45, 7) is 2.97. The maximum Gasteiger partial charge on any atom is 0.252 e. The minimum atomic E-state index is -0.125. The molecule has 1 fully saturated rings. The van der Waals surface area contributed by atoms with Gasteiger partial charge in [0.05, 0.1) is 6.33 Å². The Morgan fingerprint density at radius 1 is 1.35 bits per heavy atom. The predicted molar refractivity (Wildman–Crippen MR) is 80.1 cm³/mol. The average molecular weight is 270 g/mol. The number of nitrogens with zero attached hydrogens (tertiary/aromatic N) is 2. The van der Waals surface area contributed by atoms with E-state index in [-0.39, 0.29) is 5.56 Å². The van der Waals surface area contributed by atoms with Crippen LogP contribution in [-0.4, -0.2) is 29.6 Å². The van der Waals surface area contributed by atoms with Gasteiger partial charge in [-0.2, -0.15) is 0 Å². The first-order valence-electron chi connectivity index (χ1n) is 6.90. The van der Waals surface area contributed by atoms with Crippen LogP contribution in [0.2, 0.25) is 0 Å². The molecule has 2 aromatic rings. The summed E-state index contributed by atoms with van der Waals surface area (Å²) in [5.41, 5.74) is 1.16. The average Bonchev–Trinajstić information content (AvgIpc) is 2.95. The Bertz CT molecular complexity index is 611. The van der Waals surface area contributed by atoms with Gasteiger partial charge in [0, 0.05) is 31.4 Å². The zero-order chi connectivity index (χ0) is 13.8. The van der Waals surface area contributed by atoms with Crippen molar-refractivity contribution in [2.75, 3.05) is 29.9 Å². The van der Waals surface area contributed by atoms with Gasteiger partial charge in [0.25, 0.3) is 5.56 Å². The number of rotatable bonds is 4. The van der Waals surface area contributed by atoms with Crippen LogP contribution in [0.5, 0.6) is 0 Å². The molecule has 1 atom stereocenters. The first kappa shape index (κ1) is 12.7. The molecule has 3 rings (SSSR count). The van der Waals surface area contributed by atoms with E-state index in [4.69, 9.17) is 0 Å². The van der Waals surface area contributed by atoms with Crippen LogP contribution in [-0.2, 0) is 0 Å². The number of nitrogens with one attached hydrogen (secondary N) is 2. The fourth-order valence-corrected chi connectivity index (χ4v) is 2.59. The van der Waals surface area contributed by atoms with Gasteiger partial charge in [0.1, 0.15) is 5.82 Å². The lowest BCUT2D eigenvalue weighted by Crippen LogP contribution is -2.22. The van der Waals surface area contributed by atoms with Gasteiger partial charge in [-0.15, -0.1) is 0 Å². The minimum Gasteiger partial charge on any atom is -0.371 e. The van der Waals surface area contributed by atoms with Crippen LogP contribution in [0.25, 0.3) is 0 Å². The molecule has 0 spiro atoms. The van der Waals surface area contributed by atoms with Crippen molar-refractivity contribution in [3.8, 4) is 0 Å². The van der Waals surface area contributed by atoms with Crippen molar-refractivity contribution in [2.45, 2.75) is 6.42 Å². The number of anilines is 2. The van der Waals surface area contributed by atoms with Gasteiger partial charge in [0.2, 0.25) is 0 Å². The normalized spacial score (nSPS) is 18.2. The molecule has 20 heavy (non-hydrogen) atoms. The molecule has 0 saturated carbocycles. The van der Waals surface area contributed by atoms with Crippen LogP contribution in [0, 0.1) is 5.92 Å². The minimum absolute atomic E-state index is 0.125. The fraction of sp³-hybridized carbons (Fsp3) is 0.333. The van der Waals surface area contributed by atoms with Crippen molar-refractivity contribution < 1.29 is 0 Å². The third-order valence-corrected chi connectivity index (χ3v) is 3.66. The highest BCUT2D eigenvalue weighted by Gasteiger charge is 2.22. The molecule has 1 unspecified atom stereocenters. The summed E-state index contributed by atoms with van der Waals surface area (Å²) < 4.78 is 0. The van der Waals surface area contributed by atoms with Crippen molar-refractivity contribution in [3.05, 3.63) is 53.1 Å². The van der Waals surface area contributed by atoms with Crippen LogP contribution < -0.4 is 15.8 Å². The molecule has 1 saturated heterocycles. The number of hydrogen-bond donors (Lipinski definition) is 2. The van der Waals surface area contributed by atoms with E-state index >= 15 is 0 Å².